The van der Waals surface area contributed by atoms with Crippen molar-refractivity contribution in [2.45, 2.75) is 12.8 Å². The zero-order chi connectivity index (χ0) is 9.26. The number of halogens is 1. The van der Waals surface area contributed by atoms with Crippen LogP contribution in [0, 0.1) is 0 Å². The van der Waals surface area contributed by atoms with E-state index >= 15 is 0 Å². The number of amides is 1. The van der Waals surface area contributed by atoms with Crippen molar-refractivity contribution in [2.75, 3.05) is 11.4 Å². The summed E-state index contributed by atoms with van der Waals surface area (Å²) in [5, 5.41) is 0. The third-order valence-electron chi connectivity index (χ3n) is 2.08. The van der Waals surface area contributed by atoms with Gasteiger partial charge in [0.05, 0.1) is 11.9 Å². The van der Waals surface area contributed by atoms with E-state index in [1.165, 1.54) is 0 Å². The van der Waals surface area contributed by atoms with Crippen molar-refractivity contribution in [3.63, 3.8) is 0 Å². The minimum absolute atomic E-state index is 0.194. The molecule has 13 heavy (non-hydrogen) atoms. The maximum Gasteiger partial charge on any atom is 0.227 e. The molecular formula is C9H9BrN2O. The van der Waals surface area contributed by atoms with Gasteiger partial charge in [-0.05, 0) is 28.4 Å². The Kier molecular flexibility index (Phi) is 2.31. The van der Waals surface area contributed by atoms with Crippen molar-refractivity contribution in [1.29, 1.82) is 0 Å². The predicted octanol–water partition coefficient (Wildman–Crippen LogP) is 1.97. The van der Waals surface area contributed by atoms with E-state index in [0.29, 0.717) is 6.42 Å². The molecule has 1 aliphatic heterocycles. The number of aromatic nitrogens is 1. The van der Waals surface area contributed by atoms with Crippen molar-refractivity contribution < 1.29 is 4.79 Å². The van der Waals surface area contributed by atoms with Crippen LogP contribution in [0.4, 0.5) is 5.69 Å². The van der Waals surface area contributed by atoms with Crippen LogP contribution in [0.15, 0.2) is 22.9 Å². The highest BCUT2D eigenvalue weighted by Gasteiger charge is 2.21. The average Bonchev–Trinajstić information content (AvgIpc) is 2.51. The fourth-order valence-corrected chi connectivity index (χ4v) is 1.82. The molecular weight excluding hydrogens is 232 g/mol. The van der Waals surface area contributed by atoms with Gasteiger partial charge in [-0.15, -0.1) is 0 Å². The summed E-state index contributed by atoms with van der Waals surface area (Å²) in [6.45, 7) is 0.816. The number of rotatable bonds is 1. The van der Waals surface area contributed by atoms with Crippen molar-refractivity contribution in [1.82, 2.24) is 4.98 Å². The van der Waals surface area contributed by atoms with Gasteiger partial charge in [-0.25, -0.2) is 0 Å². The van der Waals surface area contributed by atoms with E-state index in [1.54, 1.807) is 17.3 Å². The van der Waals surface area contributed by atoms with Gasteiger partial charge in [-0.2, -0.15) is 0 Å². The van der Waals surface area contributed by atoms with Crippen LogP contribution in [0.25, 0.3) is 0 Å². The molecule has 0 spiro atoms. The largest absolute Gasteiger partial charge is 0.311 e. The molecule has 0 atom stereocenters. The summed E-state index contributed by atoms with van der Waals surface area (Å²) < 4.78 is 0.907. The highest BCUT2D eigenvalue weighted by Crippen LogP contribution is 2.22. The number of carbonyl (C=O) groups is 1. The molecule has 2 rings (SSSR count). The Morgan fingerprint density at radius 2 is 2.31 bits per heavy atom. The molecule has 0 unspecified atom stereocenters. The summed E-state index contributed by atoms with van der Waals surface area (Å²) in [5.41, 5.74) is 0.886. The Hall–Kier alpha value is -0.900. The SMILES string of the molecule is O=C1CCCN1c1cncc(Br)c1. The summed E-state index contributed by atoms with van der Waals surface area (Å²) >= 11 is 3.33. The maximum absolute atomic E-state index is 11.4. The lowest BCUT2D eigenvalue weighted by molar-refractivity contribution is -0.117. The predicted molar refractivity (Wildman–Crippen MR) is 53.5 cm³/mol. The van der Waals surface area contributed by atoms with Crippen LogP contribution >= 0.6 is 15.9 Å². The second kappa shape index (κ2) is 3.46. The Morgan fingerprint density at radius 1 is 1.46 bits per heavy atom. The highest BCUT2D eigenvalue weighted by molar-refractivity contribution is 9.10. The molecule has 3 nitrogen and oxygen atoms in total. The highest BCUT2D eigenvalue weighted by atomic mass is 79.9. The molecule has 1 aliphatic rings. The van der Waals surface area contributed by atoms with Crippen LogP contribution in [0.5, 0.6) is 0 Å². The molecule has 0 saturated carbocycles. The number of nitrogens with zero attached hydrogens (tertiary/aromatic N) is 2. The van der Waals surface area contributed by atoms with Gasteiger partial charge in [0.15, 0.2) is 0 Å². The second-order valence-electron chi connectivity index (χ2n) is 3.01. The van der Waals surface area contributed by atoms with E-state index in [9.17, 15) is 4.79 Å². The first-order valence-electron chi connectivity index (χ1n) is 4.18. The van der Waals surface area contributed by atoms with E-state index < -0.39 is 0 Å². The summed E-state index contributed by atoms with van der Waals surface area (Å²) in [6, 6.07) is 1.91. The van der Waals surface area contributed by atoms with E-state index in [1.807, 2.05) is 6.07 Å². The third-order valence-corrected chi connectivity index (χ3v) is 2.51. The molecule has 1 aromatic rings. The van der Waals surface area contributed by atoms with E-state index in [-0.39, 0.29) is 5.91 Å². The molecule has 1 saturated heterocycles. The van der Waals surface area contributed by atoms with Crippen molar-refractivity contribution >= 4 is 27.5 Å². The van der Waals surface area contributed by atoms with Crippen LogP contribution in [0.1, 0.15) is 12.8 Å². The summed E-state index contributed by atoms with van der Waals surface area (Å²) in [5.74, 6) is 0.194. The minimum atomic E-state index is 0.194. The molecule has 2 heterocycles. The Morgan fingerprint density at radius 3 is 2.92 bits per heavy atom. The molecule has 0 bridgehead atoms. The summed E-state index contributed by atoms with van der Waals surface area (Å²) in [4.78, 5) is 17.2. The van der Waals surface area contributed by atoms with Crippen molar-refractivity contribution in [3.8, 4) is 0 Å². The van der Waals surface area contributed by atoms with Crippen LogP contribution < -0.4 is 4.90 Å². The van der Waals surface area contributed by atoms with E-state index in [0.717, 1.165) is 23.1 Å². The fraction of sp³-hybridized carbons (Fsp3) is 0.333. The zero-order valence-electron chi connectivity index (χ0n) is 7.03. The topological polar surface area (TPSA) is 33.2 Å². The number of pyridine rings is 1. The summed E-state index contributed by atoms with van der Waals surface area (Å²) in [7, 11) is 0. The first-order chi connectivity index (χ1) is 6.27. The lowest BCUT2D eigenvalue weighted by Gasteiger charge is -2.14. The molecule has 1 aromatic heterocycles. The Balaban J connectivity index is 2.29. The molecule has 1 amide bonds. The third kappa shape index (κ3) is 1.72. The molecule has 0 N–H and O–H groups in total. The first kappa shape index (κ1) is 8.69. The molecule has 0 radical (unpaired) electrons. The van der Waals surface area contributed by atoms with Crippen molar-refractivity contribution in [2.24, 2.45) is 0 Å². The standard InChI is InChI=1S/C9H9BrN2O/c10-7-4-8(6-11-5-7)12-3-1-2-9(12)13/h4-6H,1-3H2. The number of hydrogen-bond acceptors (Lipinski definition) is 2. The molecule has 0 aromatic carbocycles. The molecule has 4 heteroatoms. The van der Waals surface area contributed by atoms with Crippen LogP contribution in [0.2, 0.25) is 0 Å². The van der Waals surface area contributed by atoms with Crippen molar-refractivity contribution in [3.05, 3.63) is 22.9 Å². The van der Waals surface area contributed by atoms with Gasteiger partial charge in [-0.3, -0.25) is 9.78 Å². The van der Waals surface area contributed by atoms with Crippen LogP contribution in [-0.4, -0.2) is 17.4 Å². The monoisotopic (exact) mass is 240 g/mol. The van der Waals surface area contributed by atoms with Gasteiger partial charge in [0.2, 0.25) is 5.91 Å². The number of carbonyl (C=O) groups excluding carboxylic acids is 1. The fourth-order valence-electron chi connectivity index (χ4n) is 1.47. The number of anilines is 1. The summed E-state index contributed by atoms with van der Waals surface area (Å²) in [6.07, 6.45) is 5.04. The Bertz CT molecular complexity index is 340. The van der Waals surface area contributed by atoms with Gasteiger partial charge in [0, 0.05) is 23.6 Å². The zero-order valence-corrected chi connectivity index (χ0v) is 8.62. The second-order valence-corrected chi connectivity index (χ2v) is 3.93. The normalized spacial score (nSPS) is 16.7. The maximum atomic E-state index is 11.4. The van der Waals surface area contributed by atoms with Crippen LogP contribution in [0.3, 0.4) is 0 Å². The smallest absolute Gasteiger partial charge is 0.227 e. The number of hydrogen-bond donors (Lipinski definition) is 0. The van der Waals surface area contributed by atoms with Crippen LogP contribution in [-0.2, 0) is 4.79 Å². The lowest BCUT2D eigenvalue weighted by atomic mass is 10.4. The van der Waals surface area contributed by atoms with Gasteiger partial charge < -0.3 is 4.90 Å². The molecule has 68 valence electrons. The van der Waals surface area contributed by atoms with Gasteiger partial charge in [0.1, 0.15) is 0 Å². The quantitative estimate of drug-likeness (QED) is 0.753. The van der Waals surface area contributed by atoms with Gasteiger partial charge >= 0.3 is 0 Å². The molecule has 0 aliphatic carbocycles. The van der Waals surface area contributed by atoms with E-state index in [4.69, 9.17) is 0 Å². The van der Waals surface area contributed by atoms with E-state index in [2.05, 4.69) is 20.9 Å². The van der Waals surface area contributed by atoms with Gasteiger partial charge in [0.25, 0.3) is 0 Å². The average molecular weight is 241 g/mol. The lowest BCUT2D eigenvalue weighted by Crippen LogP contribution is -2.23. The van der Waals surface area contributed by atoms with Gasteiger partial charge in [-0.1, -0.05) is 0 Å². The molecule has 1 fully saturated rings. The first-order valence-corrected chi connectivity index (χ1v) is 4.97. The Labute approximate surface area is 84.9 Å². The minimum Gasteiger partial charge on any atom is -0.311 e.